The molecule has 3 atom stereocenters. The Bertz CT molecular complexity index is 798. The lowest BCUT2D eigenvalue weighted by molar-refractivity contribution is -0.148. The first kappa shape index (κ1) is 13.9. The molecule has 0 saturated carbocycles. The number of fused-ring (bicyclic) bond motifs is 2. The molecule has 1 aliphatic heterocycles. The summed E-state index contributed by atoms with van der Waals surface area (Å²) < 4.78 is 13.8. The van der Waals surface area contributed by atoms with E-state index in [9.17, 15) is 4.79 Å². The lowest BCUT2D eigenvalue weighted by atomic mass is 10.1. The summed E-state index contributed by atoms with van der Waals surface area (Å²) in [7, 11) is 0. The van der Waals surface area contributed by atoms with Crippen molar-refractivity contribution in [1.82, 2.24) is 14.5 Å². The summed E-state index contributed by atoms with van der Waals surface area (Å²) in [6, 6.07) is 1.74. The Morgan fingerprint density at radius 1 is 1.41 bits per heavy atom. The predicted molar refractivity (Wildman–Crippen MR) is 79.5 cm³/mol. The molecule has 2 aromatic rings. The summed E-state index contributed by atoms with van der Waals surface area (Å²) >= 11 is 5.90. The molecule has 0 N–H and O–H groups in total. The van der Waals surface area contributed by atoms with Gasteiger partial charge in [0.1, 0.15) is 24.1 Å². The van der Waals surface area contributed by atoms with E-state index in [0.29, 0.717) is 11.2 Å². The summed E-state index contributed by atoms with van der Waals surface area (Å²) in [5.74, 6) is -0.717. The van der Waals surface area contributed by atoms with Crippen LogP contribution in [-0.2, 0) is 14.3 Å². The molecule has 0 amide bonds. The molecule has 0 bridgehead atoms. The van der Waals surface area contributed by atoms with Crippen molar-refractivity contribution in [3.8, 4) is 0 Å². The van der Waals surface area contributed by atoms with Crippen LogP contribution in [0.1, 0.15) is 19.9 Å². The van der Waals surface area contributed by atoms with Crippen molar-refractivity contribution in [2.45, 2.75) is 37.9 Å². The van der Waals surface area contributed by atoms with E-state index < -0.39 is 5.79 Å². The largest absolute Gasteiger partial charge is 0.342 e. The van der Waals surface area contributed by atoms with Crippen molar-refractivity contribution in [2.75, 3.05) is 0 Å². The molecule has 22 heavy (non-hydrogen) atoms. The van der Waals surface area contributed by atoms with Crippen LogP contribution in [0.25, 0.3) is 11.0 Å². The Kier molecular flexibility index (Phi) is 2.91. The minimum absolute atomic E-state index is 0.171. The second kappa shape index (κ2) is 4.62. The molecule has 4 rings (SSSR count). The zero-order chi connectivity index (χ0) is 15.5. The van der Waals surface area contributed by atoms with Crippen LogP contribution in [0, 0.1) is 0 Å². The van der Waals surface area contributed by atoms with Gasteiger partial charge in [-0.3, -0.25) is 4.79 Å². The SMILES string of the molecule is CC1(C)O[C@@H]2[C@H](O1)C(C=O)=C[C@H]2n1ccc2cnc(Cl)nc21. The number of ether oxygens (including phenoxy) is 2. The molecule has 2 aliphatic rings. The van der Waals surface area contributed by atoms with E-state index in [4.69, 9.17) is 21.1 Å². The number of aromatic nitrogens is 3. The summed E-state index contributed by atoms with van der Waals surface area (Å²) in [4.78, 5) is 19.6. The standard InChI is InChI=1S/C15H14ClN3O3/c1-15(2)21-11-9(7-20)5-10(12(11)22-15)19-4-3-8-6-17-14(16)18-13(8)19/h3-7,10-12H,1-2H3/t10-,11-,12+/m1/s1. The molecule has 0 radical (unpaired) electrons. The van der Waals surface area contributed by atoms with Crippen molar-refractivity contribution in [3.05, 3.63) is 35.4 Å². The number of nitrogens with zero attached hydrogens (tertiary/aromatic N) is 3. The summed E-state index contributed by atoms with van der Waals surface area (Å²) in [6.07, 6.45) is 5.65. The topological polar surface area (TPSA) is 66.2 Å². The zero-order valence-corrected chi connectivity index (χ0v) is 12.8. The minimum atomic E-state index is -0.717. The highest BCUT2D eigenvalue weighted by Crippen LogP contribution is 2.43. The highest BCUT2D eigenvalue weighted by atomic mass is 35.5. The Morgan fingerprint density at radius 3 is 3.00 bits per heavy atom. The van der Waals surface area contributed by atoms with Crippen LogP contribution in [-0.4, -0.2) is 38.8 Å². The van der Waals surface area contributed by atoms with Crippen molar-refractivity contribution in [1.29, 1.82) is 0 Å². The predicted octanol–water partition coefficient (Wildman–Crippen LogP) is 2.28. The second-order valence-corrected chi connectivity index (χ2v) is 6.27. The molecule has 1 saturated heterocycles. The van der Waals surface area contributed by atoms with Gasteiger partial charge < -0.3 is 14.0 Å². The summed E-state index contributed by atoms with van der Waals surface area (Å²) in [5, 5.41) is 1.07. The van der Waals surface area contributed by atoms with E-state index >= 15 is 0 Å². The lowest BCUT2D eigenvalue weighted by Crippen LogP contribution is -2.28. The van der Waals surface area contributed by atoms with Gasteiger partial charge in [-0.05, 0) is 37.6 Å². The maximum absolute atomic E-state index is 11.3. The molecule has 7 heteroatoms. The van der Waals surface area contributed by atoms with E-state index in [2.05, 4.69) is 9.97 Å². The van der Waals surface area contributed by atoms with Gasteiger partial charge in [0.05, 0.1) is 6.04 Å². The van der Waals surface area contributed by atoms with Crippen LogP contribution in [0.3, 0.4) is 0 Å². The van der Waals surface area contributed by atoms with Gasteiger partial charge in [0.25, 0.3) is 0 Å². The lowest BCUT2D eigenvalue weighted by Gasteiger charge is -2.22. The molecule has 6 nitrogen and oxygen atoms in total. The Balaban J connectivity index is 1.82. The number of halogens is 1. The molecule has 1 fully saturated rings. The molecule has 114 valence electrons. The van der Waals surface area contributed by atoms with Gasteiger partial charge >= 0.3 is 0 Å². The monoisotopic (exact) mass is 319 g/mol. The van der Waals surface area contributed by atoms with Crippen LogP contribution in [0.2, 0.25) is 5.28 Å². The molecular weight excluding hydrogens is 306 g/mol. The summed E-state index contributed by atoms with van der Waals surface area (Å²) in [5.41, 5.74) is 1.31. The van der Waals surface area contributed by atoms with Crippen LogP contribution < -0.4 is 0 Å². The van der Waals surface area contributed by atoms with E-state index in [1.807, 2.05) is 36.8 Å². The third-order valence-electron chi connectivity index (χ3n) is 4.04. The zero-order valence-electron chi connectivity index (χ0n) is 12.1. The van der Waals surface area contributed by atoms with Crippen LogP contribution in [0.5, 0.6) is 0 Å². The second-order valence-electron chi connectivity index (χ2n) is 5.94. The molecule has 0 unspecified atom stereocenters. The third-order valence-corrected chi connectivity index (χ3v) is 4.22. The number of rotatable bonds is 2. The van der Waals surface area contributed by atoms with Crippen molar-refractivity contribution >= 4 is 28.9 Å². The quantitative estimate of drug-likeness (QED) is 0.627. The van der Waals surface area contributed by atoms with E-state index in [1.165, 1.54) is 0 Å². The number of carbonyl (C=O) groups excluding carboxylic acids is 1. The van der Waals surface area contributed by atoms with Crippen molar-refractivity contribution in [2.24, 2.45) is 0 Å². The number of hydrogen-bond acceptors (Lipinski definition) is 5. The van der Waals surface area contributed by atoms with Crippen LogP contribution in [0.4, 0.5) is 0 Å². The first-order valence-electron chi connectivity index (χ1n) is 7.00. The minimum Gasteiger partial charge on any atom is -0.342 e. The molecule has 3 heterocycles. The average Bonchev–Trinajstić information content (AvgIpc) is 3.09. The van der Waals surface area contributed by atoms with E-state index in [-0.39, 0.29) is 23.5 Å². The fourth-order valence-electron chi connectivity index (χ4n) is 3.19. The maximum atomic E-state index is 11.3. The van der Waals surface area contributed by atoms with Crippen molar-refractivity contribution < 1.29 is 14.3 Å². The van der Waals surface area contributed by atoms with Crippen LogP contribution in [0.15, 0.2) is 30.1 Å². The molecular formula is C15H14ClN3O3. The Hall–Kier alpha value is -1.76. The first-order valence-corrected chi connectivity index (χ1v) is 7.38. The van der Waals surface area contributed by atoms with Crippen molar-refractivity contribution in [3.63, 3.8) is 0 Å². The fraction of sp³-hybridized carbons (Fsp3) is 0.400. The fourth-order valence-corrected chi connectivity index (χ4v) is 3.31. The highest BCUT2D eigenvalue weighted by molar-refractivity contribution is 6.28. The molecule has 0 spiro atoms. The number of carbonyl (C=O) groups is 1. The highest BCUT2D eigenvalue weighted by Gasteiger charge is 2.50. The molecule has 1 aliphatic carbocycles. The maximum Gasteiger partial charge on any atom is 0.224 e. The van der Waals surface area contributed by atoms with E-state index in [0.717, 1.165) is 11.7 Å². The van der Waals surface area contributed by atoms with Gasteiger partial charge in [0, 0.05) is 23.4 Å². The van der Waals surface area contributed by atoms with Gasteiger partial charge in [0.2, 0.25) is 5.28 Å². The number of hydrogen-bond donors (Lipinski definition) is 0. The van der Waals surface area contributed by atoms with E-state index in [1.54, 1.807) is 6.20 Å². The Morgan fingerprint density at radius 2 is 2.23 bits per heavy atom. The number of aldehydes is 1. The Labute approximate surface area is 131 Å². The van der Waals surface area contributed by atoms with Gasteiger partial charge in [-0.25, -0.2) is 4.98 Å². The molecule has 0 aromatic carbocycles. The van der Waals surface area contributed by atoms with Gasteiger partial charge in [-0.2, -0.15) is 4.98 Å². The first-order chi connectivity index (χ1) is 10.5. The van der Waals surface area contributed by atoms with Crippen LogP contribution >= 0.6 is 11.6 Å². The molecule has 2 aromatic heterocycles. The summed E-state index contributed by atoms with van der Waals surface area (Å²) in [6.45, 7) is 3.69. The normalized spacial score (nSPS) is 29.6. The third kappa shape index (κ3) is 1.99. The van der Waals surface area contributed by atoms with Gasteiger partial charge in [-0.15, -0.1) is 0 Å². The van der Waals surface area contributed by atoms with Gasteiger partial charge in [0.15, 0.2) is 5.79 Å². The van der Waals surface area contributed by atoms with Gasteiger partial charge in [-0.1, -0.05) is 0 Å². The smallest absolute Gasteiger partial charge is 0.224 e. The average molecular weight is 320 g/mol.